The molecule has 2 nitrogen and oxygen atoms in total. The molecule has 0 heterocycles. The summed E-state index contributed by atoms with van der Waals surface area (Å²) in [6.45, 7) is 0. The molecule has 7 rings (SSSR count). The number of carbonyl (C=O) groups is 2. The largest absolute Gasteiger partial charge is 0.294 e. The smallest absolute Gasteiger partial charge is 0.169 e. The van der Waals surface area contributed by atoms with Crippen LogP contribution >= 0.6 is 63.7 Å². The van der Waals surface area contributed by atoms with Crippen LogP contribution in [0.25, 0.3) is 0 Å². The summed E-state index contributed by atoms with van der Waals surface area (Å²) in [5, 5.41) is 1.18. The standard InChI is InChI=1S/C18H13BrF2O.C9H8Br2F2.C9H7BrO/c19-12-3-1-11-9-18(17(22)14(11)7-12)6-5-13-10(8-18)2-4-15(20)16(13)21;10-4-3-7-6(5-11)1-2-8(12)9(7)13;10-7-3-1-6-2-4-9(11)8(6)5-7/h1-4,7H,5-6,8-9H2;1-2H,3-5H2;1,3,5H,2,4H2. The van der Waals surface area contributed by atoms with Crippen molar-refractivity contribution in [2.75, 3.05) is 5.33 Å². The topological polar surface area (TPSA) is 34.1 Å². The normalized spacial score (nSPS) is 17.5. The van der Waals surface area contributed by atoms with Crippen LogP contribution in [0, 0.1) is 28.7 Å². The van der Waals surface area contributed by atoms with Crippen molar-refractivity contribution in [1.29, 1.82) is 0 Å². The number of hydrogen-bond acceptors (Lipinski definition) is 2. The highest BCUT2D eigenvalue weighted by atomic mass is 79.9. The van der Waals surface area contributed by atoms with Gasteiger partial charge in [-0.2, -0.15) is 0 Å². The van der Waals surface area contributed by atoms with E-state index in [-0.39, 0.29) is 11.6 Å². The Morgan fingerprint density at radius 1 is 0.674 bits per heavy atom. The molecule has 0 aromatic heterocycles. The van der Waals surface area contributed by atoms with Gasteiger partial charge < -0.3 is 0 Å². The molecule has 1 spiro atoms. The Kier molecular flexibility index (Phi) is 11.4. The van der Waals surface area contributed by atoms with Gasteiger partial charge in [-0.1, -0.05) is 88.0 Å². The quantitative estimate of drug-likeness (QED) is 0.152. The number of rotatable bonds is 3. The molecule has 0 saturated heterocycles. The van der Waals surface area contributed by atoms with Gasteiger partial charge in [-0.25, -0.2) is 17.6 Å². The molecular formula is C36H28Br4F4O2. The highest BCUT2D eigenvalue weighted by Crippen LogP contribution is 2.47. The molecule has 1 unspecified atom stereocenters. The molecule has 3 aliphatic rings. The minimum absolute atomic E-state index is 0.138. The molecule has 0 aliphatic heterocycles. The van der Waals surface area contributed by atoms with E-state index in [2.05, 4.69) is 63.7 Å². The van der Waals surface area contributed by atoms with Crippen molar-refractivity contribution in [2.24, 2.45) is 5.41 Å². The Labute approximate surface area is 298 Å². The summed E-state index contributed by atoms with van der Waals surface area (Å²) in [6.07, 6.45) is 4.28. The van der Waals surface area contributed by atoms with Crippen LogP contribution in [0.4, 0.5) is 17.6 Å². The molecule has 4 aromatic rings. The van der Waals surface area contributed by atoms with Gasteiger partial charge in [0.2, 0.25) is 0 Å². The van der Waals surface area contributed by atoms with E-state index >= 15 is 0 Å². The molecule has 1 atom stereocenters. The predicted octanol–water partition coefficient (Wildman–Crippen LogP) is 11.0. The lowest BCUT2D eigenvalue weighted by atomic mass is 9.69. The summed E-state index contributed by atoms with van der Waals surface area (Å²) in [5.41, 5.74) is 5.89. The number of Topliss-reactive ketones (excluding diaryl/α,β-unsaturated/α-hetero) is 2. The second kappa shape index (κ2) is 15.0. The van der Waals surface area contributed by atoms with Crippen molar-refractivity contribution >= 4 is 75.3 Å². The van der Waals surface area contributed by atoms with Crippen molar-refractivity contribution < 1.29 is 27.2 Å². The number of aryl methyl sites for hydroxylation is 1. The number of benzene rings is 4. The van der Waals surface area contributed by atoms with E-state index in [0.717, 1.165) is 55.3 Å². The van der Waals surface area contributed by atoms with Crippen LogP contribution in [0.3, 0.4) is 0 Å². The van der Waals surface area contributed by atoms with Gasteiger partial charge in [0, 0.05) is 42.6 Å². The fourth-order valence-electron chi connectivity index (χ4n) is 6.41. The molecule has 4 aromatic carbocycles. The van der Waals surface area contributed by atoms with Crippen LogP contribution in [0.15, 0.2) is 69.6 Å². The molecule has 0 N–H and O–H groups in total. The third-order valence-corrected chi connectivity index (χ3v) is 10.8. The van der Waals surface area contributed by atoms with Crippen molar-refractivity contribution in [3.8, 4) is 0 Å². The molecule has 0 amide bonds. The number of fused-ring (bicyclic) bond motifs is 3. The average Bonchev–Trinajstić information content (AvgIpc) is 3.54. The summed E-state index contributed by atoms with van der Waals surface area (Å²) < 4.78 is 55.2. The third kappa shape index (κ3) is 7.30. The van der Waals surface area contributed by atoms with Crippen LogP contribution in [-0.2, 0) is 37.4 Å². The van der Waals surface area contributed by atoms with Crippen LogP contribution in [0.5, 0.6) is 0 Å². The maximum absolute atomic E-state index is 13.9. The Morgan fingerprint density at radius 2 is 1.28 bits per heavy atom. The fourth-order valence-corrected chi connectivity index (χ4v) is 8.05. The maximum atomic E-state index is 13.9. The van der Waals surface area contributed by atoms with E-state index in [9.17, 15) is 27.2 Å². The molecular weight excluding hydrogens is 860 g/mol. The van der Waals surface area contributed by atoms with E-state index in [1.165, 1.54) is 5.56 Å². The zero-order valence-corrected chi connectivity index (χ0v) is 30.8. The lowest BCUT2D eigenvalue weighted by Crippen LogP contribution is -2.35. The van der Waals surface area contributed by atoms with Gasteiger partial charge in [0.25, 0.3) is 0 Å². The van der Waals surface area contributed by atoms with E-state index in [1.807, 2.05) is 36.4 Å². The molecule has 0 radical (unpaired) electrons. The minimum atomic E-state index is -0.806. The van der Waals surface area contributed by atoms with Crippen LogP contribution < -0.4 is 0 Å². The van der Waals surface area contributed by atoms with E-state index < -0.39 is 28.7 Å². The second-order valence-corrected chi connectivity index (χ2v) is 14.7. The lowest BCUT2D eigenvalue weighted by Gasteiger charge is -2.33. The predicted molar refractivity (Wildman–Crippen MR) is 186 cm³/mol. The molecule has 10 heteroatoms. The molecule has 240 valence electrons. The van der Waals surface area contributed by atoms with Crippen LogP contribution in [-0.4, -0.2) is 16.9 Å². The average molecular weight is 888 g/mol. The number of hydrogen-bond donors (Lipinski definition) is 0. The highest BCUT2D eigenvalue weighted by Gasteiger charge is 2.47. The Bertz CT molecular complexity index is 1830. The highest BCUT2D eigenvalue weighted by molar-refractivity contribution is 9.11. The van der Waals surface area contributed by atoms with Gasteiger partial charge in [0.15, 0.2) is 34.8 Å². The summed E-state index contributed by atoms with van der Waals surface area (Å²) in [4.78, 5) is 24.1. The van der Waals surface area contributed by atoms with E-state index in [4.69, 9.17) is 0 Å². The monoisotopic (exact) mass is 884 g/mol. The number of alkyl halides is 2. The Balaban J connectivity index is 0.000000148. The van der Waals surface area contributed by atoms with Gasteiger partial charge in [0.1, 0.15) is 0 Å². The zero-order chi connectivity index (χ0) is 33.2. The summed E-state index contributed by atoms with van der Waals surface area (Å²) in [7, 11) is 0. The molecule has 0 bridgehead atoms. The first kappa shape index (κ1) is 35.2. The fraction of sp³-hybridized carbons (Fsp3) is 0.278. The van der Waals surface area contributed by atoms with Gasteiger partial charge in [0.05, 0.1) is 0 Å². The SMILES string of the molecule is Fc1ccc(CBr)c(CCBr)c1F.O=C1CCc2ccc(Br)cc21.O=C1c2cc(Br)ccc2CC12CCc1c(ccc(F)c1F)C2. The van der Waals surface area contributed by atoms with Gasteiger partial charge >= 0.3 is 0 Å². The summed E-state index contributed by atoms with van der Waals surface area (Å²) in [5.74, 6) is -2.64. The minimum Gasteiger partial charge on any atom is -0.294 e. The Hall–Kier alpha value is -2.14. The zero-order valence-electron chi connectivity index (χ0n) is 24.5. The molecule has 0 saturated carbocycles. The second-order valence-electron chi connectivity index (χ2n) is 11.6. The first-order valence-corrected chi connectivity index (χ1v) is 18.5. The number of ketones is 2. The molecule has 0 fully saturated rings. The maximum Gasteiger partial charge on any atom is 0.169 e. The number of carbonyl (C=O) groups excluding carboxylic acids is 2. The third-order valence-electron chi connectivity index (χ3n) is 8.78. The Morgan fingerprint density at radius 3 is 1.98 bits per heavy atom. The summed E-state index contributed by atoms with van der Waals surface area (Å²) in [6, 6.07) is 17.2. The van der Waals surface area contributed by atoms with E-state index in [0.29, 0.717) is 60.3 Å². The summed E-state index contributed by atoms with van der Waals surface area (Å²) >= 11 is 13.2. The van der Waals surface area contributed by atoms with Crippen molar-refractivity contribution in [2.45, 2.75) is 50.3 Å². The van der Waals surface area contributed by atoms with Gasteiger partial charge in [-0.05, 0) is 108 Å². The first-order valence-electron chi connectivity index (χ1n) is 14.7. The van der Waals surface area contributed by atoms with Crippen LogP contribution in [0.1, 0.15) is 66.9 Å². The lowest BCUT2D eigenvalue weighted by molar-refractivity contribution is 0.0792. The van der Waals surface area contributed by atoms with Gasteiger partial charge in [-0.15, -0.1) is 0 Å². The first-order chi connectivity index (χ1) is 22.0. The molecule has 46 heavy (non-hydrogen) atoms. The van der Waals surface area contributed by atoms with Crippen molar-refractivity contribution in [3.05, 3.63) is 137 Å². The van der Waals surface area contributed by atoms with E-state index in [1.54, 1.807) is 12.1 Å². The molecule has 3 aliphatic carbocycles. The number of halogens is 8. The van der Waals surface area contributed by atoms with Crippen molar-refractivity contribution in [3.63, 3.8) is 0 Å². The van der Waals surface area contributed by atoms with Gasteiger partial charge in [-0.3, -0.25) is 9.59 Å². The van der Waals surface area contributed by atoms with Crippen LogP contribution in [0.2, 0.25) is 0 Å². The van der Waals surface area contributed by atoms with Crippen molar-refractivity contribution in [1.82, 2.24) is 0 Å².